The first kappa shape index (κ1) is 11.6. The van der Waals surface area contributed by atoms with E-state index in [9.17, 15) is 0 Å². The van der Waals surface area contributed by atoms with Gasteiger partial charge in [0.05, 0.1) is 0 Å². The zero-order valence-corrected chi connectivity index (χ0v) is 8.97. The second kappa shape index (κ2) is 7.23. The second-order valence-corrected chi connectivity index (χ2v) is 4.56. The van der Waals surface area contributed by atoms with E-state index < -0.39 is 0 Å². The van der Waals surface area contributed by atoms with Gasteiger partial charge in [-0.2, -0.15) is 0 Å². The van der Waals surface area contributed by atoms with Crippen LogP contribution < -0.4 is 0 Å². The van der Waals surface area contributed by atoms with Crippen LogP contribution in [0.25, 0.3) is 0 Å². The van der Waals surface area contributed by atoms with Crippen molar-refractivity contribution in [3.05, 3.63) is 37.0 Å². The van der Waals surface area contributed by atoms with Crippen molar-refractivity contribution in [2.45, 2.75) is 31.3 Å². The van der Waals surface area contributed by atoms with Crippen LogP contribution >= 0.6 is 11.8 Å². The van der Waals surface area contributed by atoms with Crippen molar-refractivity contribution in [3.8, 4) is 0 Å². The molecule has 0 spiro atoms. The predicted molar refractivity (Wildman–Crippen MR) is 60.7 cm³/mol. The van der Waals surface area contributed by atoms with Gasteiger partial charge >= 0.3 is 0 Å². The summed E-state index contributed by atoms with van der Waals surface area (Å²) in [4.78, 5) is 0. The van der Waals surface area contributed by atoms with Gasteiger partial charge in [0, 0.05) is 5.25 Å². The van der Waals surface area contributed by atoms with Gasteiger partial charge in [-0.05, 0) is 12.2 Å². The Morgan fingerprint density at radius 3 is 2.33 bits per heavy atom. The molecule has 0 saturated heterocycles. The molecule has 0 aliphatic heterocycles. The van der Waals surface area contributed by atoms with Crippen LogP contribution in [0.5, 0.6) is 0 Å². The molecule has 0 bridgehead atoms. The average molecular weight is 182 g/mol. The van der Waals surface area contributed by atoms with Crippen LogP contribution in [0.3, 0.4) is 0 Å². The van der Waals surface area contributed by atoms with Crippen LogP contribution in [-0.2, 0) is 0 Å². The fourth-order valence-corrected chi connectivity index (χ4v) is 1.70. The van der Waals surface area contributed by atoms with Gasteiger partial charge in [-0.1, -0.05) is 44.2 Å². The highest BCUT2D eigenvalue weighted by atomic mass is 32.2. The van der Waals surface area contributed by atoms with Crippen molar-refractivity contribution in [3.63, 3.8) is 0 Å². The van der Waals surface area contributed by atoms with Crippen molar-refractivity contribution in [1.29, 1.82) is 0 Å². The van der Waals surface area contributed by atoms with Gasteiger partial charge in [0.25, 0.3) is 0 Å². The average Bonchev–Trinajstić information content (AvgIpc) is 2.02. The SMILES string of the molecule is C=CC(/C=C\C=C/C)SC(C)C. The molecule has 0 aromatic carbocycles. The van der Waals surface area contributed by atoms with Crippen LogP contribution in [0.2, 0.25) is 0 Å². The summed E-state index contributed by atoms with van der Waals surface area (Å²) in [5.41, 5.74) is 0. The summed E-state index contributed by atoms with van der Waals surface area (Å²) in [6.45, 7) is 10.2. The van der Waals surface area contributed by atoms with Crippen molar-refractivity contribution < 1.29 is 0 Å². The molecule has 12 heavy (non-hydrogen) atoms. The highest BCUT2D eigenvalue weighted by Crippen LogP contribution is 2.18. The third kappa shape index (κ3) is 6.29. The molecule has 0 amide bonds. The van der Waals surface area contributed by atoms with Gasteiger partial charge in [0.15, 0.2) is 0 Å². The van der Waals surface area contributed by atoms with E-state index in [1.165, 1.54) is 0 Å². The Hall–Kier alpha value is -0.430. The van der Waals surface area contributed by atoms with Gasteiger partial charge in [0.2, 0.25) is 0 Å². The second-order valence-electron chi connectivity index (χ2n) is 2.80. The van der Waals surface area contributed by atoms with Crippen LogP contribution in [0.4, 0.5) is 0 Å². The van der Waals surface area contributed by atoms with Crippen LogP contribution in [0.15, 0.2) is 37.0 Å². The van der Waals surface area contributed by atoms with Crippen LogP contribution in [-0.4, -0.2) is 10.5 Å². The van der Waals surface area contributed by atoms with Crippen LogP contribution in [0.1, 0.15) is 20.8 Å². The summed E-state index contributed by atoms with van der Waals surface area (Å²) in [5.74, 6) is 0. The standard InChI is InChI=1S/C11H18S/c1-5-7-8-9-11(6-2)12-10(3)4/h5-11H,2H2,1,3-4H3/b7-5-,9-8-. The lowest BCUT2D eigenvalue weighted by Gasteiger charge is -2.09. The summed E-state index contributed by atoms with van der Waals surface area (Å²) >= 11 is 1.91. The van der Waals surface area contributed by atoms with E-state index in [1.54, 1.807) is 0 Å². The molecule has 0 aromatic heterocycles. The Labute approximate surface area is 80.4 Å². The molecule has 0 fully saturated rings. The maximum atomic E-state index is 3.80. The van der Waals surface area contributed by atoms with E-state index in [2.05, 4.69) is 32.6 Å². The Balaban J connectivity index is 3.90. The van der Waals surface area contributed by atoms with Crippen molar-refractivity contribution in [2.24, 2.45) is 0 Å². The molecule has 1 unspecified atom stereocenters. The first-order valence-electron chi connectivity index (χ1n) is 4.28. The summed E-state index contributed by atoms with van der Waals surface area (Å²) in [6.07, 6.45) is 10.3. The third-order valence-electron chi connectivity index (χ3n) is 1.27. The number of hydrogen-bond donors (Lipinski definition) is 0. The normalized spacial score (nSPS) is 14.7. The summed E-state index contributed by atoms with van der Waals surface area (Å²) < 4.78 is 0. The zero-order valence-electron chi connectivity index (χ0n) is 8.16. The van der Waals surface area contributed by atoms with Crippen LogP contribution in [0, 0.1) is 0 Å². The molecule has 0 rings (SSSR count). The number of allylic oxidation sites excluding steroid dienone is 3. The van der Waals surface area contributed by atoms with E-state index in [4.69, 9.17) is 0 Å². The fourth-order valence-electron chi connectivity index (χ4n) is 0.779. The highest BCUT2D eigenvalue weighted by Gasteiger charge is 2.01. The molecule has 0 heterocycles. The van der Waals surface area contributed by atoms with E-state index in [-0.39, 0.29) is 0 Å². The Kier molecular flexibility index (Phi) is 6.97. The lowest BCUT2D eigenvalue weighted by atomic mass is 10.3. The van der Waals surface area contributed by atoms with Gasteiger partial charge < -0.3 is 0 Å². The molecule has 0 radical (unpaired) electrons. The van der Waals surface area contributed by atoms with Gasteiger partial charge in [0.1, 0.15) is 0 Å². The quantitative estimate of drug-likeness (QED) is 0.460. The predicted octanol–water partition coefficient (Wildman–Crippen LogP) is 3.81. The van der Waals surface area contributed by atoms with Crippen molar-refractivity contribution in [2.75, 3.05) is 0 Å². The molecule has 0 aromatic rings. The Morgan fingerprint density at radius 1 is 1.25 bits per heavy atom. The fraction of sp³-hybridized carbons (Fsp3) is 0.455. The first-order valence-corrected chi connectivity index (χ1v) is 5.22. The third-order valence-corrected chi connectivity index (χ3v) is 2.47. The number of hydrogen-bond acceptors (Lipinski definition) is 1. The number of rotatable bonds is 5. The lowest BCUT2D eigenvalue weighted by molar-refractivity contribution is 1.10. The maximum absolute atomic E-state index is 3.80. The van der Waals surface area contributed by atoms with Crippen molar-refractivity contribution in [1.82, 2.24) is 0 Å². The molecule has 0 nitrogen and oxygen atoms in total. The lowest BCUT2D eigenvalue weighted by Crippen LogP contribution is -1.98. The van der Waals surface area contributed by atoms with Gasteiger partial charge in [-0.25, -0.2) is 0 Å². The molecular formula is C11H18S. The van der Waals surface area contributed by atoms with E-state index in [0.29, 0.717) is 10.5 Å². The molecule has 0 saturated carbocycles. The highest BCUT2D eigenvalue weighted by molar-refractivity contribution is 8.00. The van der Waals surface area contributed by atoms with Crippen molar-refractivity contribution >= 4 is 11.8 Å². The Morgan fingerprint density at radius 2 is 1.92 bits per heavy atom. The van der Waals surface area contributed by atoms with E-state index >= 15 is 0 Å². The minimum absolute atomic E-state index is 0.446. The van der Waals surface area contributed by atoms with E-state index in [1.807, 2.05) is 36.9 Å². The molecule has 1 heteroatoms. The zero-order chi connectivity index (χ0) is 9.40. The molecule has 0 aliphatic carbocycles. The minimum Gasteiger partial charge on any atom is -0.147 e. The van der Waals surface area contributed by atoms with Gasteiger partial charge in [-0.15, -0.1) is 18.3 Å². The minimum atomic E-state index is 0.446. The first-order chi connectivity index (χ1) is 5.70. The topological polar surface area (TPSA) is 0 Å². The van der Waals surface area contributed by atoms with Gasteiger partial charge in [-0.3, -0.25) is 0 Å². The smallest absolute Gasteiger partial charge is 0.0410 e. The number of thioether (sulfide) groups is 1. The monoisotopic (exact) mass is 182 g/mol. The molecule has 1 atom stereocenters. The molecular weight excluding hydrogens is 164 g/mol. The maximum Gasteiger partial charge on any atom is 0.0410 e. The molecule has 0 N–H and O–H groups in total. The van der Waals surface area contributed by atoms with E-state index in [0.717, 1.165) is 0 Å². The largest absolute Gasteiger partial charge is 0.147 e. The summed E-state index contributed by atoms with van der Waals surface area (Å²) in [5, 5.41) is 1.10. The Bertz CT molecular complexity index is 166. The summed E-state index contributed by atoms with van der Waals surface area (Å²) in [7, 11) is 0. The molecule has 68 valence electrons. The summed E-state index contributed by atoms with van der Waals surface area (Å²) in [6, 6.07) is 0. The molecule has 0 aliphatic rings.